The zero-order valence-corrected chi connectivity index (χ0v) is 11.9. The number of nitrogens with zero attached hydrogens (tertiary/aromatic N) is 2. The molecule has 1 fully saturated rings. The number of halogens is 1. The lowest BCUT2D eigenvalue weighted by atomic mass is 10.2. The first-order valence-corrected chi connectivity index (χ1v) is 8.41. The second-order valence-electron chi connectivity index (χ2n) is 4.65. The first-order chi connectivity index (χ1) is 9.47. The molecular weight excluding hydrogens is 300 g/mol. The maximum Gasteiger partial charge on any atom is 0.237 e. The standard InChI is InChI=1S/C13H11ClN2O3S/c14-20(18,19)9-7-13(17)16(8-9)12-5-6-15-11-4-2-1-3-10(11)12/h1-6,9H,7-8H2. The number of hydrogen-bond donors (Lipinski definition) is 0. The number of pyridine rings is 1. The second-order valence-corrected chi connectivity index (χ2v) is 7.56. The van der Waals surface area contributed by atoms with Gasteiger partial charge in [-0.2, -0.15) is 0 Å². The van der Waals surface area contributed by atoms with Crippen molar-refractivity contribution >= 4 is 42.2 Å². The zero-order valence-electron chi connectivity index (χ0n) is 10.4. The van der Waals surface area contributed by atoms with Gasteiger partial charge in [0.1, 0.15) is 5.25 Å². The Morgan fingerprint density at radius 2 is 2.00 bits per heavy atom. The summed E-state index contributed by atoms with van der Waals surface area (Å²) in [7, 11) is 1.62. The Morgan fingerprint density at radius 3 is 2.70 bits per heavy atom. The van der Waals surface area contributed by atoms with Gasteiger partial charge >= 0.3 is 0 Å². The van der Waals surface area contributed by atoms with Gasteiger partial charge in [0.2, 0.25) is 15.0 Å². The number of carbonyl (C=O) groups is 1. The van der Waals surface area contributed by atoms with Gasteiger partial charge in [0, 0.05) is 35.2 Å². The highest BCUT2D eigenvalue weighted by molar-refractivity contribution is 8.14. The van der Waals surface area contributed by atoms with Gasteiger partial charge in [0.05, 0.1) is 11.2 Å². The topological polar surface area (TPSA) is 67.3 Å². The Bertz CT molecular complexity index is 786. The molecule has 104 valence electrons. The van der Waals surface area contributed by atoms with Crippen molar-refractivity contribution < 1.29 is 13.2 Å². The van der Waals surface area contributed by atoms with Gasteiger partial charge in [0.15, 0.2) is 0 Å². The molecule has 20 heavy (non-hydrogen) atoms. The molecule has 7 heteroatoms. The monoisotopic (exact) mass is 310 g/mol. The van der Waals surface area contributed by atoms with E-state index in [2.05, 4.69) is 4.98 Å². The molecule has 2 aromatic rings. The van der Waals surface area contributed by atoms with Gasteiger partial charge in [-0.25, -0.2) is 8.42 Å². The number of carbonyl (C=O) groups excluding carboxylic acids is 1. The van der Waals surface area contributed by atoms with Crippen molar-refractivity contribution in [3.05, 3.63) is 36.5 Å². The summed E-state index contributed by atoms with van der Waals surface area (Å²) in [6.07, 6.45) is 1.52. The van der Waals surface area contributed by atoms with E-state index >= 15 is 0 Å². The van der Waals surface area contributed by atoms with E-state index in [-0.39, 0.29) is 18.9 Å². The van der Waals surface area contributed by atoms with Crippen LogP contribution in [0.15, 0.2) is 36.5 Å². The molecule has 1 aliphatic heterocycles. The molecule has 0 N–H and O–H groups in total. The van der Waals surface area contributed by atoms with Crippen LogP contribution in [0.2, 0.25) is 0 Å². The van der Waals surface area contributed by atoms with Gasteiger partial charge in [-0.15, -0.1) is 0 Å². The van der Waals surface area contributed by atoms with Crippen LogP contribution >= 0.6 is 10.7 Å². The lowest BCUT2D eigenvalue weighted by Crippen LogP contribution is -2.26. The molecule has 0 radical (unpaired) electrons. The van der Waals surface area contributed by atoms with Crippen molar-refractivity contribution in [2.75, 3.05) is 11.4 Å². The van der Waals surface area contributed by atoms with Crippen molar-refractivity contribution in [1.29, 1.82) is 0 Å². The molecule has 0 saturated carbocycles. The number of anilines is 1. The SMILES string of the molecule is O=C1CC(S(=O)(=O)Cl)CN1c1ccnc2ccccc12. The van der Waals surface area contributed by atoms with E-state index in [0.29, 0.717) is 5.69 Å². The lowest BCUT2D eigenvalue weighted by Gasteiger charge is -2.18. The Labute approximate surface area is 120 Å². The van der Waals surface area contributed by atoms with Crippen molar-refractivity contribution in [3.8, 4) is 0 Å². The Balaban J connectivity index is 2.06. The van der Waals surface area contributed by atoms with Gasteiger partial charge in [-0.1, -0.05) is 18.2 Å². The number of amides is 1. The van der Waals surface area contributed by atoms with Crippen molar-refractivity contribution in [3.63, 3.8) is 0 Å². The first kappa shape index (κ1) is 13.3. The summed E-state index contributed by atoms with van der Waals surface area (Å²) in [5.41, 5.74) is 1.43. The number of benzene rings is 1. The van der Waals surface area contributed by atoms with E-state index in [4.69, 9.17) is 10.7 Å². The van der Waals surface area contributed by atoms with Crippen LogP contribution in [0.1, 0.15) is 6.42 Å². The van der Waals surface area contributed by atoms with E-state index in [9.17, 15) is 13.2 Å². The van der Waals surface area contributed by atoms with Crippen LogP contribution in [-0.2, 0) is 13.8 Å². The molecule has 0 spiro atoms. The minimum absolute atomic E-state index is 0.0809. The molecule has 1 aliphatic rings. The smallest absolute Gasteiger partial charge is 0.237 e. The fraction of sp³-hybridized carbons (Fsp3) is 0.231. The average Bonchev–Trinajstić information content (AvgIpc) is 2.80. The van der Waals surface area contributed by atoms with Crippen LogP contribution in [-0.4, -0.2) is 31.1 Å². The third kappa shape index (κ3) is 2.25. The van der Waals surface area contributed by atoms with Crippen LogP contribution in [0.5, 0.6) is 0 Å². The maximum atomic E-state index is 12.1. The summed E-state index contributed by atoms with van der Waals surface area (Å²) >= 11 is 0. The summed E-state index contributed by atoms with van der Waals surface area (Å²) < 4.78 is 22.8. The normalized spacial score (nSPS) is 19.8. The summed E-state index contributed by atoms with van der Waals surface area (Å²) in [4.78, 5) is 17.7. The molecule has 1 aromatic heterocycles. The largest absolute Gasteiger partial charge is 0.310 e. The lowest BCUT2D eigenvalue weighted by molar-refractivity contribution is -0.117. The number of aromatic nitrogens is 1. The van der Waals surface area contributed by atoms with E-state index in [1.54, 1.807) is 12.3 Å². The van der Waals surface area contributed by atoms with Crippen molar-refractivity contribution in [1.82, 2.24) is 4.98 Å². The maximum absolute atomic E-state index is 12.1. The summed E-state index contributed by atoms with van der Waals surface area (Å²) in [6.45, 7) is 0.0820. The van der Waals surface area contributed by atoms with Crippen molar-refractivity contribution in [2.45, 2.75) is 11.7 Å². The molecule has 1 aromatic carbocycles. The quantitative estimate of drug-likeness (QED) is 0.795. The summed E-state index contributed by atoms with van der Waals surface area (Å²) in [6, 6.07) is 9.12. The Kier molecular flexibility index (Phi) is 3.14. The Hall–Kier alpha value is -1.66. The zero-order chi connectivity index (χ0) is 14.3. The number of hydrogen-bond acceptors (Lipinski definition) is 4. The molecule has 1 amide bonds. The highest BCUT2D eigenvalue weighted by Gasteiger charge is 2.38. The summed E-state index contributed by atoms with van der Waals surface area (Å²) in [5, 5.41) is -0.0421. The predicted octanol–water partition coefficient (Wildman–Crippen LogP) is 1.91. The van der Waals surface area contributed by atoms with Gasteiger partial charge in [-0.05, 0) is 12.1 Å². The molecule has 3 rings (SSSR count). The minimum atomic E-state index is -3.74. The van der Waals surface area contributed by atoms with Gasteiger partial charge in [-0.3, -0.25) is 9.78 Å². The van der Waals surface area contributed by atoms with E-state index in [1.165, 1.54) is 4.90 Å². The minimum Gasteiger partial charge on any atom is -0.310 e. The number of fused-ring (bicyclic) bond motifs is 1. The Morgan fingerprint density at radius 1 is 1.25 bits per heavy atom. The van der Waals surface area contributed by atoms with Gasteiger partial charge in [0.25, 0.3) is 0 Å². The average molecular weight is 311 g/mol. The highest BCUT2D eigenvalue weighted by Crippen LogP contribution is 2.31. The number of para-hydroxylation sites is 1. The van der Waals surface area contributed by atoms with E-state index in [1.807, 2.05) is 24.3 Å². The first-order valence-electron chi connectivity index (χ1n) is 6.04. The van der Waals surface area contributed by atoms with E-state index in [0.717, 1.165) is 10.9 Å². The van der Waals surface area contributed by atoms with Crippen LogP contribution in [0.25, 0.3) is 10.9 Å². The molecule has 0 aliphatic carbocycles. The van der Waals surface area contributed by atoms with Crippen LogP contribution in [0.3, 0.4) is 0 Å². The molecule has 1 saturated heterocycles. The second kappa shape index (κ2) is 4.71. The third-order valence-electron chi connectivity index (χ3n) is 3.40. The molecule has 1 atom stereocenters. The third-order valence-corrected chi connectivity index (χ3v) is 5.27. The molecule has 2 heterocycles. The predicted molar refractivity (Wildman–Crippen MR) is 77.3 cm³/mol. The molecule has 0 bridgehead atoms. The highest BCUT2D eigenvalue weighted by atomic mass is 35.7. The van der Waals surface area contributed by atoms with Crippen molar-refractivity contribution in [2.24, 2.45) is 0 Å². The fourth-order valence-corrected chi connectivity index (χ4v) is 3.44. The molecular formula is C13H11ClN2O3S. The number of rotatable bonds is 2. The van der Waals surface area contributed by atoms with Crippen LogP contribution in [0, 0.1) is 0 Å². The summed E-state index contributed by atoms with van der Waals surface area (Å²) in [5.74, 6) is -0.240. The van der Waals surface area contributed by atoms with Gasteiger partial charge < -0.3 is 4.90 Å². The van der Waals surface area contributed by atoms with Crippen LogP contribution in [0.4, 0.5) is 5.69 Å². The van der Waals surface area contributed by atoms with E-state index < -0.39 is 14.3 Å². The molecule has 1 unspecified atom stereocenters. The fourth-order valence-electron chi connectivity index (χ4n) is 2.41. The molecule has 5 nitrogen and oxygen atoms in total. The van der Waals surface area contributed by atoms with Crippen LogP contribution < -0.4 is 4.90 Å².